The normalized spacial score (nSPS) is 19.5. The number of carbonyl (C=O) groups is 1. The Labute approximate surface area is 149 Å². The number of aryl methyl sites for hydroxylation is 1. The second-order valence-corrected chi connectivity index (χ2v) is 7.49. The molecule has 0 saturated carbocycles. The fraction of sp³-hybridized carbons (Fsp3) is 0.444. The Morgan fingerprint density at radius 2 is 1.92 bits per heavy atom. The number of rotatable bonds is 2. The summed E-state index contributed by atoms with van der Waals surface area (Å²) in [6.07, 6.45) is 1.30. The molecule has 0 unspecified atom stereocenters. The van der Waals surface area contributed by atoms with Gasteiger partial charge < -0.3 is 14.4 Å². The fourth-order valence-corrected chi connectivity index (χ4v) is 4.32. The Kier molecular flexibility index (Phi) is 4.31. The number of carbonyl (C=O) groups excluding carboxylic acids is 1. The molecule has 2 aliphatic heterocycles. The summed E-state index contributed by atoms with van der Waals surface area (Å²) in [5, 5.41) is 0.748. The molecule has 1 aromatic carbocycles. The molecule has 2 aliphatic rings. The van der Waals surface area contributed by atoms with E-state index in [0.29, 0.717) is 55.3 Å². The SMILES string of the molecule is Cc1nc(C(=O)N2CCC3(CC2)OCCO3)c(-c2ccccc2F)s1. The molecule has 2 aromatic rings. The van der Waals surface area contributed by atoms with Gasteiger partial charge in [0, 0.05) is 31.5 Å². The lowest BCUT2D eigenvalue weighted by Crippen LogP contribution is -2.47. The molecule has 4 rings (SSSR count). The van der Waals surface area contributed by atoms with Crippen molar-refractivity contribution in [2.45, 2.75) is 25.6 Å². The van der Waals surface area contributed by atoms with E-state index in [1.54, 1.807) is 23.1 Å². The number of aromatic nitrogens is 1. The van der Waals surface area contributed by atoms with E-state index in [4.69, 9.17) is 9.47 Å². The second kappa shape index (κ2) is 6.48. The van der Waals surface area contributed by atoms with Gasteiger partial charge in [0.25, 0.3) is 5.91 Å². The van der Waals surface area contributed by atoms with E-state index in [9.17, 15) is 9.18 Å². The van der Waals surface area contributed by atoms with Crippen LogP contribution in [0.2, 0.25) is 0 Å². The molecule has 0 bridgehead atoms. The molecule has 3 heterocycles. The lowest BCUT2D eigenvalue weighted by Gasteiger charge is -2.37. The first-order chi connectivity index (χ1) is 12.1. The van der Waals surface area contributed by atoms with Crippen LogP contribution >= 0.6 is 11.3 Å². The Balaban J connectivity index is 1.58. The van der Waals surface area contributed by atoms with Gasteiger partial charge in [-0.3, -0.25) is 4.79 Å². The maximum atomic E-state index is 14.2. The standard InChI is InChI=1S/C18H19FN2O3S/c1-12-20-15(16(25-12)13-4-2-3-5-14(13)19)17(22)21-8-6-18(7-9-21)23-10-11-24-18/h2-5H,6-11H2,1H3. The average molecular weight is 362 g/mol. The number of ether oxygens (including phenoxy) is 2. The van der Waals surface area contributed by atoms with Crippen LogP contribution in [0, 0.1) is 12.7 Å². The Bertz CT molecular complexity index is 791. The molecule has 7 heteroatoms. The number of piperidine rings is 1. The van der Waals surface area contributed by atoms with Crippen molar-refractivity contribution in [2.75, 3.05) is 26.3 Å². The molecule has 2 saturated heterocycles. The summed E-state index contributed by atoms with van der Waals surface area (Å²) in [5.74, 6) is -1.02. The van der Waals surface area contributed by atoms with Crippen LogP contribution in [0.3, 0.4) is 0 Å². The number of benzene rings is 1. The maximum Gasteiger partial charge on any atom is 0.273 e. The minimum absolute atomic E-state index is 0.157. The van der Waals surface area contributed by atoms with E-state index in [-0.39, 0.29) is 11.7 Å². The lowest BCUT2D eigenvalue weighted by molar-refractivity contribution is -0.181. The zero-order chi connectivity index (χ0) is 17.4. The third-order valence-electron chi connectivity index (χ3n) is 4.68. The van der Waals surface area contributed by atoms with Crippen LogP contribution in [0.25, 0.3) is 10.4 Å². The van der Waals surface area contributed by atoms with Gasteiger partial charge in [-0.05, 0) is 13.0 Å². The Morgan fingerprint density at radius 1 is 1.24 bits per heavy atom. The van der Waals surface area contributed by atoms with Gasteiger partial charge in [-0.2, -0.15) is 0 Å². The summed E-state index contributed by atoms with van der Waals surface area (Å²) in [7, 11) is 0. The molecule has 0 radical (unpaired) electrons. The third-order valence-corrected chi connectivity index (χ3v) is 5.69. The van der Waals surface area contributed by atoms with Gasteiger partial charge in [0.1, 0.15) is 11.5 Å². The molecule has 132 valence electrons. The first-order valence-electron chi connectivity index (χ1n) is 8.37. The van der Waals surface area contributed by atoms with Crippen LogP contribution in [0.5, 0.6) is 0 Å². The smallest absolute Gasteiger partial charge is 0.273 e. The summed E-state index contributed by atoms with van der Waals surface area (Å²) in [5.41, 5.74) is 0.754. The molecule has 2 fully saturated rings. The van der Waals surface area contributed by atoms with Gasteiger partial charge in [0.15, 0.2) is 5.79 Å². The highest BCUT2D eigenvalue weighted by Gasteiger charge is 2.41. The molecule has 5 nitrogen and oxygen atoms in total. The van der Waals surface area contributed by atoms with Crippen LogP contribution in [0.4, 0.5) is 4.39 Å². The molecule has 25 heavy (non-hydrogen) atoms. The maximum absolute atomic E-state index is 14.2. The highest BCUT2D eigenvalue weighted by molar-refractivity contribution is 7.15. The van der Waals surface area contributed by atoms with Crippen molar-refractivity contribution < 1.29 is 18.7 Å². The van der Waals surface area contributed by atoms with Gasteiger partial charge in [0.05, 0.1) is 23.1 Å². The van der Waals surface area contributed by atoms with Crippen molar-refractivity contribution in [1.82, 2.24) is 9.88 Å². The number of hydrogen-bond acceptors (Lipinski definition) is 5. The second-order valence-electron chi connectivity index (χ2n) is 6.29. The van der Waals surface area contributed by atoms with Gasteiger partial charge in [0.2, 0.25) is 0 Å². The number of thiazole rings is 1. The van der Waals surface area contributed by atoms with Crippen molar-refractivity contribution in [3.8, 4) is 10.4 Å². The Hall–Kier alpha value is -1.83. The molecular weight excluding hydrogens is 343 g/mol. The summed E-state index contributed by atoms with van der Waals surface area (Å²) in [6.45, 7) is 4.14. The van der Waals surface area contributed by atoms with Crippen molar-refractivity contribution >= 4 is 17.2 Å². The van der Waals surface area contributed by atoms with Crippen molar-refractivity contribution in [2.24, 2.45) is 0 Å². The number of hydrogen-bond donors (Lipinski definition) is 0. The molecule has 1 aromatic heterocycles. The van der Waals surface area contributed by atoms with Crippen molar-refractivity contribution in [3.63, 3.8) is 0 Å². The zero-order valence-corrected chi connectivity index (χ0v) is 14.8. The van der Waals surface area contributed by atoms with Crippen LogP contribution < -0.4 is 0 Å². The summed E-state index contributed by atoms with van der Waals surface area (Å²) >= 11 is 1.34. The van der Waals surface area contributed by atoms with E-state index in [0.717, 1.165) is 5.01 Å². The van der Waals surface area contributed by atoms with E-state index in [1.807, 2.05) is 6.92 Å². The topological polar surface area (TPSA) is 51.7 Å². The van der Waals surface area contributed by atoms with Crippen molar-refractivity contribution in [3.05, 3.63) is 40.8 Å². The quantitative estimate of drug-likeness (QED) is 0.823. The zero-order valence-electron chi connectivity index (χ0n) is 14.0. The highest BCUT2D eigenvalue weighted by Crippen LogP contribution is 2.35. The van der Waals surface area contributed by atoms with Crippen LogP contribution in [-0.2, 0) is 9.47 Å². The van der Waals surface area contributed by atoms with Gasteiger partial charge in [-0.25, -0.2) is 9.37 Å². The molecule has 0 aliphatic carbocycles. The molecular formula is C18H19FN2O3S. The first-order valence-corrected chi connectivity index (χ1v) is 9.19. The average Bonchev–Trinajstić information content (AvgIpc) is 3.22. The number of halogens is 1. The fourth-order valence-electron chi connectivity index (χ4n) is 3.39. The number of nitrogens with zero attached hydrogens (tertiary/aromatic N) is 2. The van der Waals surface area contributed by atoms with Gasteiger partial charge in [-0.15, -0.1) is 11.3 Å². The summed E-state index contributed by atoms with van der Waals surface area (Å²) in [4.78, 5) is 19.7. The minimum atomic E-state index is -0.525. The highest BCUT2D eigenvalue weighted by atomic mass is 32.1. The van der Waals surface area contributed by atoms with E-state index in [1.165, 1.54) is 17.4 Å². The van der Waals surface area contributed by atoms with Gasteiger partial charge >= 0.3 is 0 Å². The summed E-state index contributed by atoms with van der Waals surface area (Å²) in [6, 6.07) is 6.49. The predicted molar refractivity (Wildman–Crippen MR) is 92.0 cm³/mol. The van der Waals surface area contributed by atoms with Crippen molar-refractivity contribution in [1.29, 1.82) is 0 Å². The monoisotopic (exact) mass is 362 g/mol. The molecule has 0 N–H and O–H groups in total. The van der Waals surface area contributed by atoms with E-state index in [2.05, 4.69) is 4.98 Å². The van der Waals surface area contributed by atoms with Crippen LogP contribution in [-0.4, -0.2) is 47.9 Å². The van der Waals surface area contributed by atoms with E-state index < -0.39 is 5.79 Å². The summed E-state index contributed by atoms with van der Waals surface area (Å²) < 4.78 is 25.6. The van der Waals surface area contributed by atoms with Crippen LogP contribution in [0.1, 0.15) is 28.3 Å². The molecule has 1 spiro atoms. The molecule has 0 atom stereocenters. The van der Waals surface area contributed by atoms with Gasteiger partial charge in [-0.1, -0.05) is 18.2 Å². The minimum Gasteiger partial charge on any atom is -0.347 e. The van der Waals surface area contributed by atoms with Crippen LogP contribution in [0.15, 0.2) is 24.3 Å². The van der Waals surface area contributed by atoms with E-state index >= 15 is 0 Å². The third kappa shape index (κ3) is 3.07. The lowest BCUT2D eigenvalue weighted by atomic mass is 10.0. The largest absolute Gasteiger partial charge is 0.347 e. The predicted octanol–water partition coefficient (Wildman–Crippen LogP) is 3.24. The number of likely N-dealkylation sites (tertiary alicyclic amines) is 1. The first kappa shape index (κ1) is 16.6. The Morgan fingerprint density at radius 3 is 2.60 bits per heavy atom. The number of amides is 1. The molecule has 1 amide bonds.